The standard InChI is InChI=1S/C22H24ClN3O6/c1-4-31-22(29)13-32-18-8-6-15(9-19(18)30-3)12-24-26-21(28)11-20(27)25-16-7-5-14(2)17(23)10-16/h5-10,12H,4,11,13H2,1-3H3,(H,25,27)(H,26,28). The normalized spacial score (nSPS) is 10.5. The van der Waals surface area contributed by atoms with Crippen molar-refractivity contribution in [3.8, 4) is 11.5 Å². The summed E-state index contributed by atoms with van der Waals surface area (Å²) in [5.41, 5.74) is 4.27. The largest absolute Gasteiger partial charge is 0.493 e. The second kappa shape index (κ2) is 12.3. The van der Waals surface area contributed by atoms with E-state index in [1.54, 1.807) is 43.3 Å². The number of methoxy groups -OCH3 is 1. The van der Waals surface area contributed by atoms with Crippen LogP contribution in [0, 0.1) is 6.92 Å². The van der Waals surface area contributed by atoms with Gasteiger partial charge in [0.25, 0.3) is 0 Å². The highest BCUT2D eigenvalue weighted by Gasteiger charge is 2.11. The summed E-state index contributed by atoms with van der Waals surface area (Å²) in [6.07, 6.45) is 0.972. The van der Waals surface area contributed by atoms with Crippen LogP contribution in [0.4, 0.5) is 5.69 Å². The predicted octanol–water partition coefficient (Wildman–Crippen LogP) is 3.08. The molecule has 2 amide bonds. The van der Waals surface area contributed by atoms with Crippen molar-refractivity contribution in [2.24, 2.45) is 5.10 Å². The Morgan fingerprint density at radius 2 is 1.88 bits per heavy atom. The van der Waals surface area contributed by atoms with Gasteiger partial charge < -0.3 is 19.5 Å². The molecule has 0 bridgehead atoms. The molecule has 0 spiro atoms. The molecule has 0 aromatic heterocycles. The van der Waals surface area contributed by atoms with Crippen molar-refractivity contribution in [2.75, 3.05) is 25.6 Å². The Bertz CT molecular complexity index is 1010. The van der Waals surface area contributed by atoms with Gasteiger partial charge in [-0.2, -0.15) is 5.10 Å². The number of rotatable bonds is 10. The zero-order chi connectivity index (χ0) is 23.5. The zero-order valence-corrected chi connectivity index (χ0v) is 18.7. The fourth-order valence-corrected chi connectivity index (χ4v) is 2.64. The molecule has 0 aliphatic heterocycles. The topological polar surface area (TPSA) is 115 Å². The van der Waals surface area contributed by atoms with Crippen LogP contribution in [0.25, 0.3) is 0 Å². The Kier molecular flexibility index (Phi) is 9.49. The molecule has 0 aliphatic rings. The molecule has 0 radical (unpaired) electrons. The highest BCUT2D eigenvalue weighted by molar-refractivity contribution is 6.31. The number of halogens is 1. The van der Waals surface area contributed by atoms with Crippen molar-refractivity contribution in [1.29, 1.82) is 0 Å². The van der Waals surface area contributed by atoms with Gasteiger partial charge >= 0.3 is 5.97 Å². The number of esters is 1. The monoisotopic (exact) mass is 461 g/mol. The highest BCUT2D eigenvalue weighted by Crippen LogP contribution is 2.27. The molecular formula is C22H24ClN3O6. The molecule has 2 aromatic carbocycles. The van der Waals surface area contributed by atoms with Gasteiger partial charge in [0.15, 0.2) is 18.1 Å². The number of hydrogen-bond donors (Lipinski definition) is 2. The summed E-state index contributed by atoms with van der Waals surface area (Å²) in [7, 11) is 1.45. The van der Waals surface area contributed by atoms with Gasteiger partial charge in [0, 0.05) is 10.7 Å². The van der Waals surface area contributed by atoms with Crippen LogP contribution >= 0.6 is 11.6 Å². The third-order valence-corrected chi connectivity index (χ3v) is 4.43. The lowest BCUT2D eigenvalue weighted by atomic mass is 10.2. The lowest BCUT2D eigenvalue weighted by Gasteiger charge is -2.10. The van der Waals surface area contributed by atoms with Crippen LogP contribution in [0.1, 0.15) is 24.5 Å². The smallest absolute Gasteiger partial charge is 0.344 e. The zero-order valence-electron chi connectivity index (χ0n) is 17.9. The van der Waals surface area contributed by atoms with Gasteiger partial charge in [0.1, 0.15) is 6.42 Å². The van der Waals surface area contributed by atoms with Gasteiger partial charge in [-0.25, -0.2) is 10.2 Å². The number of carbonyl (C=O) groups excluding carboxylic acids is 3. The van der Waals surface area contributed by atoms with E-state index in [4.69, 9.17) is 25.8 Å². The molecule has 2 aromatic rings. The Balaban J connectivity index is 1.86. The van der Waals surface area contributed by atoms with Crippen LogP contribution in [0.3, 0.4) is 0 Å². The molecule has 0 aliphatic carbocycles. The first-order valence-corrected chi connectivity index (χ1v) is 10.0. The molecule has 32 heavy (non-hydrogen) atoms. The highest BCUT2D eigenvalue weighted by atomic mass is 35.5. The average molecular weight is 462 g/mol. The number of anilines is 1. The Hall–Kier alpha value is -3.59. The summed E-state index contributed by atoms with van der Waals surface area (Å²) in [5.74, 6) is -0.839. The molecule has 0 heterocycles. The maximum Gasteiger partial charge on any atom is 0.344 e. The third-order valence-electron chi connectivity index (χ3n) is 4.02. The lowest BCUT2D eigenvalue weighted by Crippen LogP contribution is -2.24. The molecule has 9 nitrogen and oxygen atoms in total. The van der Waals surface area contributed by atoms with Crippen molar-refractivity contribution in [2.45, 2.75) is 20.3 Å². The lowest BCUT2D eigenvalue weighted by molar-refractivity contribution is -0.145. The number of nitrogens with one attached hydrogen (secondary N) is 2. The SMILES string of the molecule is CCOC(=O)COc1ccc(C=NNC(=O)CC(=O)Nc2ccc(C)c(Cl)c2)cc1OC. The van der Waals surface area contributed by atoms with Gasteiger partial charge in [-0.05, 0) is 55.3 Å². The van der Waals surface area contributed by atoms with E-state index >= 15 is 0 Å². The van der Waals surface area contributed by atoms with Gasteiger partial charge in [-0.1, -0.05) is 17.7 Å². The molecule has 0 saturated heterocycles. The van der Waals surface area contributed by atoms with Crippen molar-refractivity contribution in [3.63, 3.8) is 0 Å². The van der Waals surface area contributed by atoms with E-state index in [-0.39, 0.29) is 13.2 Å². The summed E-state index contributed by atoms with van der Waals surface area (Å²) in [6, 6.07) is 9.95. The summed E-state index contributed by atoms with van der Waals surface area (Å²) < 4.78 is 15.4. The fraction of sp³-hybridized carbons (Fsp3) is 0.273. The second-order valence-electron chi connectivity index (χ2n) is 6.49. The molecular weight excluding hydrogens is 438 g/mol. The Labute approximate surface area is 190 Å². The van der Waals surface area contributed by atoms with Crippen LogP contribution in [0.5, 0.6) is 11.5 Å². The van der Waals surface area contributed by atoms with Crippen LogP contribution in [-0.2, 0) is 19.1 Å². The molecule has 0 fully saturated rings. The van der Waals surface area contributed by atoms with Crippen molar-refractivity contribution >= 4 is 41.3 Å². The maximum atomic E-state index is 12.0. The van der Waals surface area contributed by atoms with Crippen molar-refractivity contribution in [1.82, 2.24) is 5.43 Å². The van der Waals surface area contributed by atoms with Gasteiger partial charge in [0.05, 0.1) is 19.9 Å². The Morgan fingerprint density at radius 3 is 2.56 bits per heavy atom. The molecule has 0 saturated carbocycles. The average Bonchev–Trinajstić information content (AvgIpc) is 2.75. The minimum Gasteiger partial charge on any atom is -0.493 e. The predicted molar refractivity (Wildman–Crippen MR) is 120 cm³/mol. The Morgan fingerprint density at radius 1 is 1.09 bits per heavy atom. The second-order valence-corrected chi connectivity index (χ2v) is 6.89. The van der Waals surface area contributed by atoms with E-state index in [0.717, 1.165) is 5.56 Å². The fourth-order valence-electron chi connectivity index (χ4n) is 2.46. The molecule has 0 atom stereocenters. The van der Waals surface area contributed by atoms with E-state index in [1.807, 2.05) is 6.92 Å². The first kappa shape index (κ1) is 24.7. The van der Waals surface area contributed by atoms with Crippen molar-refractivity contribution in [3.05, 3.63) is 52.5 Å². The number of carbonyl (C=O) groups is 3. The number of nitrogens with zero attached hydrogens (tertiary/aromatic N) is 1. The van der Waals surface area contributed by atoms with Gasteiger partial charge in [-0.3, -0.25) is 9.59 Å². The minimum atomic E-state index is -0.585. The molecule has 170 valence electrons. The van der Waals surface area contributed by atoms with Gasteiger partial charge in [0.2, 0.25) is 11.8 Å². The van der Waals surface area contributed by atoms with Crippen LogP contribution in [0.15, 0.2) is 41.5 Å². The van der Waals surface area contributed by atoms with E-state index in [9.17, 15) is 14.4 Å². The summed E-state index contributed by atoms with van der Waals surface area (Å²) >= 11 is 6.02. The molecule has 2 rings (SSSR count). The third kappa shape index (κ3) is 7.92. The first-order chi connectivity index (χ1) is 15.3. The number of ether oxygens (including phenoxy) is 3. The molecule has 2 N–H and O–H groups in total. The van der Waals surface area contributed by atoms with E-state index in [2.05, 4.69) is 15.8 Å². The van der Waals surface area contributed by atoms with Crippen LogP contribution in [-0.4, -0.2) is 44.3 Å². The molecule has 10 heteroatoms. The van der Waals surface area contributed by atoms with Crippen LogP contribution < -0.4 is 20.2 Å². The summed E-state index contributed by atoms with van der Waals surface area (Å²) in [5, 5.41) is 6.95. The summed E-state index contributed by atoms with van der Waals surface area (Å²) in [6.45, 7) is 3.57. The number of hydrazone groups is 1. The molecule has 0 unspecified atom stereocenters. The number of amides is 2. The number of hydrogen-bond acceptors (Lipinski definition) is 7. The van der Waals surface area contributed by atoms with Crippen LogP contribution in [0.2, 0.25) is 5.02 Å². The maximum absolute atomic E-state index is 12.0. The van der Waals surface area contributed by atoms with E-state index in [1.165, 1.54) is 13.3 Å². The minimum absolute atomic E-state index is 0.245. The number of benzene rings is 2. The van der Waals surface area contributed by atoms with Gasteiger partial charge in [-0.15, -0.1) is 0 Å². The quantitative estimate of drug-likeness (QED) is 0.243. The number of aryl methyl sites for hydroxylation is 1. The first-order valence-electron chi connectivity index (χ1n) is 9.66. The van der Waals surface area contributed by atoms with E-state index < -0.39 is 24.2 Å². The van der Waals surface area contributed by atoms with E-state index in [0.29, 0.717) is 27.8 Å². The van der Waals surface area contributed by atoms with Crippen molar-refractivity contribution < 1.29 is 28.6 Å². The summed E-state index contributed by atoms with van der Waals surface area (Å²) in [4.78, 5) is 35.3.